The number of anilines is 1. The summed E-state index contributed by atoms with van der Waals surface area (Å²) in [5.74, 6) is -1.30. The van der Waals surface area contributed by atoms with Crippen molar-refractivity contribution in [2.75, 3.05) is 5.32 Å². The molecule has 0 saturated heterocycles. The van der Waals surface area contributed by atoms with Crippen LogP contribution in [0.2, 0.25) is 15.1 Å². The third-order valence-corrected chi connectivity index (χ3v) is 4.11. The van der Waals surface area contributed by atoms with Gasteiger partial charge in [-0.05, 0) is 43.3 Å². The second-order valence-electron chi connectivity index (χ2n) is 4.97. The fourth-order valence-electron chi connectivity index (χ4n) is 1.85. The molecule has 2 amide bonds. The van der Waals surface area contributed by atoms with Crippen LogP contribution >= 0.6 is 34.8 Å². The summed E-state index contributed by atoms with van der Waals surface area (Å²) in [6, 6.07) is 7.85. The van der Waals surface area contributed by atoms with Gasteiger partial charge in [-0.3, -0.25) is 9.59 Å². The van der Waals surface area contributed by atoms with E-state index >= 15 is 0 Å². The molecule has 0 fully saturated rings. The highest BCUT2D eigenvalue weighted by Crippen LogP contribution is 2.25. The van der Waals surface area contributed by atoms with Gasteiger partial charge >= 0.3 is 0 Å². The van der Waals surface area contributed by atoms with Gasteiger partial charge in [0.25, 0.3) is 5.91 Å². The highest BCUT2D eigenvalue weighted by atomic mass is 35.5. The molecule has 0 unspecified atom stereocenters. The summed E-state index contributed by atoms with van der Waals surface area (Å²) in [5.41, 5.74) is 0.429. The summed E-state index contributed by atoms with van der Waals surface area (Å²) < 4.78 is 0. The zero-order valence-corrected chi connectivity index (χ0v) is 14.7. The molecule has 126 valence electrons. The summed E-state index contributed by atoms with van der Waals surface area (Å²) in [6.07, 6.45) is 0. The van der Waals surface area contributed by atoms with Crippen molar-refractivity contribution in [3.8, 4) is 5.75 Å². The van der Waals surface area contributed by atoms with Gasteiger partial charge in [0.1, 0.15) is 11.8 Å². The zero-order chi connectivity index (χ0) is 17.9. The molecule has 5 nitrogen and oxygen atoms in total. The van der Waals surface area contributed by atoms with Gasteiger partial charge in [-0.25, -0.2) is 0 Å². The minimum atomic E-state index is -0.856. The summed E-state index contributed by atoms with van der Waals surface area (Å²) in [7, 11) is 0. The van der Waals surface area contributed by atoms with E-state index in [4.69, 9.17) is 34.8 Å². The third kappa shape index (κ3) is 4.54. The van der Waals surface area contributed by atoms with Crippen molar-refractivity contribution in [1.82, 2.24) is 5.32 Å². The van der Waals surface area contributed by atoms with Crippen molar-refractivity contribution in [2.24, 2.45) is 0 Å². The molecule has 1 atom stereocenters. The number of phenolic OH excluding ortho intramolecular Hbond substituents is 1. The molecule has 0 aliphatic carbocycles. The highest BCUT2D eigenvalue weighted by Gasteiger charge is 2.19. The lowest BCUT2D eigenvalue weighted by Gasteiger charge is -2.15. The Morgan fingerprint density at radius 3 is 2.42 bits per heavy atom. The molecule has 0 aromatic heterocycles. The van der Waals surface area contributed by atoms with Gasteiger partial charge in [0.05, 0.1) is 15.6 Å². The smallest absolute Gasteiger partial charge is 0.255 e. The maximum Gasteiger partial charge on any atom is 0.255 e. The number of aromatic hydroxyl groups is 1. The number of phenols is 1. The van der Waals surface area contributed by atoms with Crippen LogP contribution in [0.5, 0.6) is 5.75 Å². The molecule has 0 aliphatic rings. The second kappa shape index (κ2) is 7.75. The SMILES string of the molecule is C[C@H](NC(=O)c1cc(Cl)ccc1O)C(=O)Nc1ccc(Cl)c(Cl)c1. The van der Waals surface area contributed by atoms with Crippen LogP contribution in [0.15, 0.2) is 36.4 Å². The van der Waals surface area contributed by atoms with Crippen LogP contribution in [0.25, 0.3) is 0 Å². The first kappa shape index (κ1) is 18.4. The number of nitrogens with one attached hydrogen (secondary N) is 2. The fraction of sp³-hybridized carbons (Fsp3) is 0.125. The average Bonchev–Trinajstić information content (AvgIpc) is 2.53. The Morgan fingerprint density at radius 1 is 1.04 bits per heavy atom. The zero-order valence-electron chi connectivity index (χ0n) is 12.4. The molecule has 0 bridgehead atoms. The first-order chi connectivity index (χ1) is 11.3. The van der Waals surface area contributed by atoms with E-state index < -0.39 is 17.9 Å². The van der Waals surface area contributed by atoms with Crippen molar-refractivity contribution in [3.05, 3.63) is 57.0 Å². The number of benzene rings is 2. The predicted octanol–water partition coefficient (Wildman–Crippen LogP) is 4.11. The van der Waals surface area contributed by atoms with Crippen LogP contribution in [0, 0.1) is 0 Å². The van der Waals surface area contributed by atoms with Gasteiger partial charge in [0.15, 0.2) is 0 Å². The van der Waals surface area contributed by atoms with E-state index in [9.17, 15) is 14.7 Å². The fourth-order valence-corrected chi connectivity index (χ4v) is 2.32. The van der Waals surface area contributed by atoms with Crippen LogP contribution in [-0.4, -0.2) is 23.0 Å². The van der Waals surface area contributed by atoms with Gasteiger partial charge < -0.3 is 15.7 Å². The molecule has 0 saturated carbocycles. The van der Waals surface area contributed by atoms with E-state index in [1.165, 1.54) is 31.2 Å². The number of rotatable bonds is 4. The van der Waals surface area contributed by atoms with Crippen LogP contribution in [0.3, 0.4) is 0 Å². The van der Waals surface area contributed by atoms with E-state index in [1.54, 1.807) is 12.1 Å². The molecule has 3 N–H and O–H groups in total. The molecule has 2 rings (SSSR count). The Labute approximate surface area is 153 Å². The Bertz CT molecular complexity index is 796. The maximum absolute atomic E-state index is 12.1. The molecular formula is C16H13Cl3N2O3. The molecule has 24 heavy (non-hydrogen) atoms. The Morgan fingerprint density at radius 2 is 1.75 bits per heavy atom. The second-order valence-corrected chi connectivity index (χ2v) is 6.23. The molecule has 0 radical (unpaired) electrons. The first-order valence-corrected chi connectivity index (χ1v) is 7.96. The largest absolute Gasteiger partial charge is 0.507 e. The van der Waals surface area contributed by atoms with Crippen LogP contribution in [-0.2, 0) is 4.79 Å². The molecule has 2 aromatic carbocycles. The maximum atomic E-state index is 12.1. The number of carbonyl (C=O) groups excluding carboxylic acids is 2. The van der Waals surface area contributed by atoms with Gasteiger partial charge in [0, 0.05) is 10.7 Å². The minimum Gasteiger partial charge on any atom is -0.507 e. The van der Waals surface area contributed by atoms with Gasteiger partial charge in [0.2, 0.25) is 5.91 Å². The van der Waals surface area contributed by atoms with E-state index in [-0.39, 0.29) is 11.3 Å². The lowest BCUT2D eigenvalue weighted by Crippen LogP contribution is -2.41. The number of halogens is 3. The average molecular weight is 388 g/mol. The molecular weight excluding hydrogens is 375 g/mol. The van der Waals surface area contributed by atoms with Gasteiger partial charge in [-0.15, -0.1) is 0 Å². The monoisotopic (exact) mass is 386 g/mol. The number of carbonyl (C=O) groups is 2. The quantitative estimate of drug-likeness (QED) is 0.739. The molecule has 0 aliphatic heterocycles. The Kier molecular flexibility index (Phi) is 5.94. The van der Waals surface area contributed by atoms with Crippen LogP contribution < -0.4 is 10.6 Å². The summed E-state index contributed by atoms with van der Waals surface area (Å²) in [5, 5.41) is 15.8. The molecule has 8 heteroatoms. The van der Waals surface area contributed by atoms with Gasteiger partial charge in [-0.2, -0.15) is 0 Å². The van der Waals surface area contributed by atoms with Crippen molar-refractivity contribution in [3.63, 3.8) is 0 Å². The minimum absolute atomic E-state index is 0.0170. The Balaban J connectivity index is 2.04. The lowest BCUT2D eigenvalue weighted by molar-refractivity contribution is -0.117. The van der Waals surface area contributed by atoms with Crippen molar-refractivity contribution in [2.45, 2.75) is 13.0 Å². The van der Waals surface area contributed by atoms with E-state index in [1.807, 2.05) is 0 Å². The van der Waals surface area contributed by atoms with Crippen molar-refractivity contribution >= 4 is 52.3 Å². The number of hydrogen-bond acceptors (Lipinski definition) is 3. The molecule has 2 aromatic rings. The van der Waals surface area contributed by atoms with Crippen LogP contribution in [0.4, 0.5) is 5.69 Å². The van der Waals surface area contributed by atoms with Crippen molar-refractivity contribution < 1.29 is 14.7 Å². The third-order valence-electron chi connectivity index (χ3n) is 3.13. The Hall–Kier alpha value is -1.95. The summed E-state index contributed by atoms with van der Waals surface area (Å²) in [4.78, 5) is 24.3. The topological polar surface area (TPSA) is 78.4 Å². The normalized spacial score (nSPS) is 11.7. The van der Waals surface area contributed by atoms with Gasteiger partial charge in [-0.1, -0.05) is 34.8 Å². The van der Waals surface area contributed by atoms with E-state index in [0.717, 1.165) is 0 Å². The van der Waals surface area contributed by atoms with E-state index in [2.05, 4.69) is 10.6 Å². The standard InChI is InChI=1S/C16H13Cl3N2O3/c1-8(15(23)21-10-3-4-12(18)13(19)7-10)20-16(24)11-6-9(17)2-5-14(11)22/h2-8,22H,1H3,(H,20,24)(H,21,23)/t8-/m0/s1. The number of hydrogen-bond donors (Lipinski definition) is 3. The predicted molar refractivity (Wildman–Crippen MR) is 95.1 cm³/mol. The summed E-state index contributed by atoms with van der Waals surface area (Å²) in [6.45, 7) is 1.51. The van der Waals surface area contributed by atoms with Crippen LogP contribution in [0.1, 0.15) is 17.3 Å². The van der Waals surface area contributed by atoms with E-state index in [0.29, 0.717) is 20.8 Å². The van der Waals surface area contributed by atoms with Crippen molar-refractivity contribution in [1.29, 1.82) is 0 Å². The highest BCUT2D eigenvalue weighted by molar-refractivity contribution is 6.42. The molecule has 0 spiro atoms. The molecule has 0 heterocycles. The summed E-state index contributed by atoms with van der Waals surface area (Å²) >= 11 is 17.5. The lowest BCUT2D eigenvalue weighted by atomic mass is 10.1. The first-order valence-electron chi connectivity index (χ1n) is 6.83. The number of amides is 2.